The van der Waals surface area contributed by atoms with Gasteiger partial charge in [-0.1, -0.05) is 6.07 Å². The second kappa shape index (κ2) is 4.38. The Morgan fingerprint density at radius 3 is 2.67 bits per heavy atom. The van der Waals surface area contributed by atoms with Crippen LogP contribution in [0.5, 0.6) is 0 Å². The van der Waals surface area contributed by atoms with E-state index < -0.39 is 0 Å². The summed E-state index contributed by atoms with van der Waals surface area (Å²) in [6, 6.07) is 5.65. The first-order chi connectivity index (χ1) is 5.83. The lowest BCUT2D eigenvalue weighted by Crippen LogP contribution is -2.24. The third-order valence-electron chi connectivity index (χ3n) is 1.29. The molecule has 1 heterocycles. The number of ether oxygens (including phenoxy) is 1. The zero-order valence-corrected chi connectivity index (χ0v) is 6.97. The first-order valence-electron chi connectivity index (χ1n) is 3.82. The second-order valence-electron chi connectivity index (χ2n) is 2.22. The van der Waals surface area contributed by atoms with Gasteiger partial charge in [0.25, 0.3) is 6.20 Å². The van der Waals surface area contributed by atoms with Gasteiger partial charge in [-0.15, -0.1) is 0 Å². The van der Waals surface area contributed by atoms with Gasteiger partial charge in [0, 0.05) is 12.1 Å². The topological polar surface area (TPSA) is 33.3 Å². The van der Waals surface area contributed by atoms with Crippen LogP contribution in [-0.4, -0.2) is 11.7 Å². The average molecular weight is 166 g/mol. The highest BCUT2D eigenvalue weighted by atomic mass is 16.6. The zero-order valence-electron chi connectivity index (χ0n) is 6.97. The first-order valence-corrected chi connectivity index (χ1v) is 3.82. The monoisotopic (exact) mass is 166 g/mol. The van der Waals surface area contributed by atoms with Gasteiger partial charge < -0.3 is 9.84 Å². The van der Waals surface area contributed by atoms with Crippen molar-refractivity contribution < 1.29 is 14.4 Å². The van der Waals surface area contributed by atoms with Crippen LogP contribution in [0.1, 0.15) is 6.92 Å². The molecule has 0 bridgehead atoms. The van der Waals surface area contributed by atoms with Gasteiger partial charge in [-0.25, -0.2) is 0 Å². The van der Waals surface area contributed by atoms with Crippen molar-refractivity contribution >= 4 is 6.20 Å². The van der Waals surface area contributed by atoms with Crippen LogP contribution >= 0.6 is 0 Å². The second-order valence-corrected chi connectivity index (χ2v) is 2.22. The number of aliphatic hydroxyl groups excluding tert-OH is 1. The minimum Gasteiger partial charge on any atom is -0.477 e. The third-order valence-corrected chi connectivity index (χ3v) is 1.29. The van der Waals surface area contributed by atoms with Crippen molar-refractivity contribution in [3.05, 3.63) is 36.5 Å². The molecule has 0 fully saturated rings. The molecule has 64 valence electrons. The summed E-state index contributed by atoms with van der Waals surface area (Å²) in [7, 11) is 0. The van der Waals surface area contributed by atoms with E-state index in [-0.39, 0.29) is 5.95 Å². The number of aromatic nitrogens is 1. The molecular formula is C9H12NO2+. The molecule has 3 nitrogen and oxygen atoms in total. The predicted octanol–water partition coefficient (Wildman–Crippen LogP) is 1.32. The smallest absolute Gasteiger partial charge is 0.344 e. The van der Waals surface area contributed by atoms with Gasteiger partial charge in [-0.3, -0.25) is 0 Å². The largest absolute Gasteiger partial charge is 0.477 e. The Bertz CT molecular complexity index is 256. The quantitative estimate of drug-likeness (QED) is 0.542. The molecule has 0 saturated carbocycles. The minimum absolute atomic E-state index is 0.0753. The van der Waals surface area contributed by atoms with Crippen molar-refractivity contribution in [2.75, 3.05) is 6.61 Å². The van der Waals surface area contributed by atoms with Crippen LogP contribution in [0.3, 0.4) is 0 Å². The highest BCUT2D eigenvalue weighted by Gasteiger charge is 1.97. The molecule has 1 rings (SSSR count). The molecule has 0 spiro atoms. The summed E-state index contributed by atoms with van der Waals surface area (Å²) in [6.45, 7) is 2.29. The number of rotatable bonds is 3. The lowest BCUT2D eigenvalue weighted by atomic mass is 10.5. The van der Waals surface area contributed by atoms with E-state index in [0.717, 1.165) is 0 Å². The molecule has 0 aromatic carbocycles. The Hall–Kier alpha value is -1.51. The summed E-state index contributed by atoms with van der Waals surface area (Å²) in [5.74, 6) is -0.0753. The van der Waals surface area contributed by atoms with E-state index in [9.17, 15) is 0 Å². The fraction of sp³-hybridized carbons (Fsp3) is 0.222. The van der Waals surface area contributed by atoms with E-state index >= 15 is 0 Å². The van der Waals surface area contributed by atoms with Crippen LogP contribution in [0.2, 0.25) is 0 Å². The number of hydrogen-bond acceptors (Lipinski definition) is 2. The van der Waals surface area contributed by atoms with Gasteiger partial charge in [0.1, 0.15) is 0 Å². The summed E-state index contributed by atoms with van der Waals surface area (Å²) in [4.78, 5) is 0. The van der Waals surface area contributed by atoms with Gasteiger partial charge in [-0.05, 0) is 6.92 Å². The number of nitrogens with zero attached hydrogens (tertiary/aromatic N) is 1. The van der Waals surface area contributed by atoms with E-state index in [2.05, 4.69) is 0 Å². The highest BCUT2D eigenvalue weighted by molar-refractivity contribution is 5.07. The van der Waals surface area contributed by atoms with Crippen molar-refractivity contribution in [1.82, 2.24) is 0 Å². The van der Waals surface area contributed by atoms with Crippen molar-refractivity contribution in [1.29, 1.82) is 0 Å². The molecule has 0 radical (unpaired) electrons. The van der Waals surface area contributed by atoms with Crippen molar-refractivity contribution in [2.45, 2.75) is 6.92 Å². The lowest BCUT2D eigenvalue weighted by molar-refractivity contribution is -0.570. The van der Waals surface area contributed by atoms with Crippen molar-refractivity contribution in [3.8, 4) is 0 Å². The third kappa shape index (κ3) is 2.62. The Balaban J connectivity index is 2.67. The Morgan fingerprint density at radius 2 is 2.08 bits per heavy atom. The lowest BCUT2D eigenvalue weighted by Gasteiger charge is -1.95. The number of hydrogen-bond donors (Lipinski definition) is 1. The standard InChI is InChI=1S/C9H11NO2/c1-2-12-9(11)8-10-6-4-3-5-7-10/h3-8H,2H2,1H3/p+1/b9-8+. The molecule has 0 atom stereocenters. The highest BCUT2D eigenvalue weighted by Crippen LogP contribution is 1.89. The van der Waals surface area contributed by atoms with E-state index in [1.807, 2.05) is 37.5 Å². The van der Waals surface area contributed by atoms with E-state index in [4.69, 9.17) is 9.84 Å². The van der Waals surface area contributed by atoms with Crippen LogP contribution in [0.4, 0.5) is 0 Å². The molecule has 12 heavy (non-hydrogen) atoms. The Kier molecular flexibility index (Phi) is 3.14. The summed E-state index contributed by atoms with van der Waals surface area (Å²) < 4.78 is 6.55. The van der Waals surface area contributed by atoms with Crippen LogP contribution in [0.15, 0.2) is 36.5 Å². The maximum atomic E-state index is 9.12. The molecule has 1 aromatic rings. The maximum Gasteiger partial charge on any atom is 0.344 e. The molecule has 0 aliphatic heterocycles. The summed E-state index contributed by atoms with van der Waals surface area (Å²) in [5.41, 5.74) is 0. The fourth-order valence-electron chi connectivity index (χ4n) is 0.811. The normalized spacial score (nSPS) is 11.2. The molecular weight excluding hydrogens is 154 g/mol. The van der Waals surface area contributed by atoms with Crippen molar-refractivity contribution in [3.63, 3.8) is 0 Å². The van der Waals surface area contributed by atoms with Gasteiger partial charge in [0.05, 0.1) is 6.61 Å². The van der Waals surface area contributed by atoms with Crippen LogP contribution in [0.25, 0.3) is 6.20 Å². The molecule has 3 heteroatoms. The van der Waals surface area contributed by atoms with E-state index in [0.29, 0.717) is 6.61 Å². The van der Waals surface area contributed by atoms with Gasteiger partial charge >= 0.3 is 5.95 Å². The molecule has 0 aliphatic rings. The number of pyridine rings is 1. The maximum absolute atomic E-state index is 9.12. The molecule has 0 amide bonds. The molecule has 1 aromatic heterocycles. The van der Waals surface area contributed by atoms with Gasteiger partial charge in [-0.2, -0.15) is 4.57 Å². The summed E-state index contributed by atoms with van der Waals surface area (Å²) >= 11 is 0. The summed E-state index contributed by atoms with van der Waals surface area (Å²) in [5, 5.41) is 9.12. The Labute approximate surface area is 71.5 Å². The Morgan fingerprint density at radius 1 is 1.42 bits per heavy atom. The molecule has 0 aliphatic carbocycles. The predicted molar refractivity (Wildman–Crippen MR) is 45.2 cm³/mol. The minimum atomic E-state index is -0.0753. The van der Waals surface area contributed by atoms with Crippen LogP contribution < -0.4 is 4.57 Å². The van der Waals surface area contributed by atoms with Crippen LogP contribution in [-0.2, 0) is 4.74 Å². The van der Waals surface area contributed by atoms with E-state index in [1.165, 1.54) is 6.20 Å². The zero-order chi connectivity index (χ0) is 8.81. The van der Waals surface area contributed by atoms with Gasteiger partial charge in [0.2, 0.25) is 0 Å². The molecule has 0 saturated heterocycles. The molecule has 0 unspecified atom stereocenters. The summed E-state index contributed by atoms with van der Waals surface area (Å²) in [6.07, 6.45) is 5.13. The van der Waals surface area contributed by atoms with Crippen LogP contribution in [0, 0.1) is 0 Å². The first kappa shape index (κ1) is 8.59. The van der Waals surface area contributed by atoms with Crippen molar-refractivity contribution in [2.24, 2.45) is 0 Å². The fourth-order valence-corrected chi connectivity index (χ4v) is 0.811. The SMILES string of the molecule is CCO/C(O)=C/[n+]1ccccc1. The average Bonchev–Trinajstić information content (AvgIpc) is 2.06. The number of aliphatic hydroxyl groups is 1. The van der Waals surface area contributed by atoms with Gasteiger partial charge in [0.15, 0.2) is 12.4 Å². The van der Waals surface area contributed by atoms with E-state index in [1.54, 1.807) is 4.57 Å². The molecule has 1 N–H and O–H groups in total.